The van der Waals surface area contributed by atoms with E-state index in [1.807, 2.05) is 19.2 Å². The standard InChI is InChI=1S/C17H21N3/c1-12-9-10-14(11-19-12)17(20-18)16-8-3-2-7-15(16)13-5-4-6-13/h2-3,7-11,13,17,20H,4-6,18H2,1H3. The fraction of sp³-hybridized carbons (Fsp3) is 0.353. The minimum Gasteiger partial charge on any atom is -0.271 e. The highest BCUT2D eigenvalue weighted by atomic mass is 15.2. The van der Waals surface area contributed by atoms with Gasteiger partial charge in [-0.25, -0.2) is 5.43 Å². The molecule has 1 aromatic carbocycles. The molecule has 3 heteroatoms. The number of nitrogens with one attached hydrogen (secondary N) is 1. The van der Waals surface area contributed by atoms with Crippen LogP contribution in [0.5, 0.6) is 0 Å². The molecule has 0 aliphatic heterocycles. The summed E-state index contributed by atoms with van der Waals surface area (Å²) in [5.74, 6) is 6.52. The van der Waals surface area contributed by atoms with E-state index in [9.17, 15) is 0 Å². The van der Waals surface area contributed by atoms with Gasteiger partial charge >= 0.3 is 0 Å². The maximum Gasteiger partial charge on any atom is 0.0727 e. The highest BCUT2D eigenvalue weighted by Gasteiger charge is 2.25. The zero-order valence-electron chi connectivity index (χ0n) is 11.8. The van der Waals surface area contributed by atoms with E-state index < -0.39 is 0 Å². The number of benzene rings is 1. The van der Waals surface area contributed by atoms with Crippen LogP contribution in [0, 0.1) is 6.92 Å². The first-order valence-electron chi connectivity index (χ1n) is 7.27. The first-order chi connectivity index (χ1) is 9.79. The molecule has 0 radical (unpaired) electrons. The lowest BCUT2D eigenvalue weighted by molar-refractivity contribution is 0.414. The van der Waals surface area contributed by atoms with Gasteiger partial charge in [-0.3, -0.25) is 10.8 Å². The maximum absolute atomic E-state index is 5.83. The van der Waals surface area contributed by atoms with Gasteiger partial charge in [0.2, 0.25) is 0 Å². The van der Waals surface area contributed by atoms with Crippen molar-refractivity contribution in [1.29, 1.82) is 0 Å². The van der Waals surface area contributed by atoms with Gasteiger partial charge in [0.1, 0.15) is 0 Å². The average molecular weight is 267 g/mol. The van der Waals surface area contributed by atoms with Gasteiger partial charge in [-0.1, -0.05) is 36.8 Å². The zero-order chi connectivity index (χ0) is 13.9. The van der Waals surface area contributed by atoms with Crippen molar-refractivity contribution in [2.75, 3.05) is 0 Å². The van der Waals surface area contributed by atoms with Crippen LogP contribution in [-0.4, -0.2) is 4.98 Å². The molecule has 1 fully saturated rings. The minimum atomic E-state index is 0.0138. The fourth-order valence-corrected chi connectivity index (χ4v) is 2.88. The fourth-order valence-electron chi connectivity index (χ4n) is 2.88. The van der Waals surface area contributed by atoms with Gasteiger partial charge in [-0.2, -0.15) is 0 Å². The highest BCUT2D eigenvalue weighted by Crippen LogP contribution is 2.40. The Morgan fingerprint density at radius 2 is 2.00 bits per heavy atom. The van der Waals surface area contributed by atoms with Crippen LogP contribution >= 0.6 is 0 Å². The van der Waals surface area contributed by atoms with Gasteiger partial charge in [0.25, 0.3) is 0 Å². The average Bonchev–Trinajstić information content (AvgIpc) is 2.41. The molecule has 1 atom stereocenters. The largest absolute Gasteiger partial charge is 0.271 e. The lowest BCUT2D eigenvalue weighted by atomic mass is 9.76. The van der Waals surface area contributed by atoms with E-state index in [0.29, 0.717) is 5.92 Å². The summed E-state index contributed by atoms with van der Waals surface area (Å²) in [7, 11) is 0. The second kappa shape index (κ2) is 5.73. The molecule has 1 saturated carbocycles. The quantitative estimate of drug-likeness (QED) is 0.660. The molecule has 20 heavy (non-hydrogen) atoms. The number of nitrogens with zero attached hydrogens (tertiary/aromatic N) is 1. The maximum atomic E-state index is 5.83. The van der Waals surface area contributed by atoms with Crippen molar-refractivity contribution >= 4 is 0 Å². The van der Waals surface area contributed by atoms with Crippen LogP contribution in [0.1, 0.15) is 53.6 Å². The second-order valence-corrected chi connectivity index (χ2v) is 5.59. The molecule has 1 aliphatic rings. The molecule has 3 N–H and O–H groups in total. The SMILES string of the molecule is Cc1ccc(C(NN)c2ccccc2C2CCC2)cn1. The number of rotatable bonds is 4. The van der Waals surface area contributed by atoms with E-state index in [1.54, 1.807) is 0 Å². The number of nitrogens with two attached hydrogens (primary N) is 1. The molecule has 0 saturated heterocycles. The van der Waals surface area contributed by atoms with Crippen LogP contribution in [0.25, 0.3) is 0 Å². The van der Waals surface area contributed by atoms with Crippen molar-refractivity contribution in [1.82, 2.24) is 10.4 Å². The van der Waals surface area contributed by atoms with Gasteiger partial charge in [0, 0.05) is 11.9 Å². The number of hydrazine groups is 1. The molecule has 1 aromatic heterocycles. The normalized spacial score (nSPS) is 16.7. The molecule has 3 nitrogen and oxygen atoms in total. The Morgan fingerprint density at radius 3 is 2.60 bits per heavy atom. The molecular weight excluding hydrogens is 246 g/mol. The first kappa shape index (κ1) is 13.3. The Hall–Kier alpha value is -1.71. The van der Waals surface area contributed by atoms with Gasteiger partial charge in [0.15, 0.2) is 0 Å². The molecule has 1 aliphatic carbocycles. The van der Waals surface area contributed by atoms with E-state index in [2.05, 4.69) is 40.7 Å². The van der Waals surface area contributed by atoms with E-state index >= 15 is 0 Å². The van der Waals surface area contributed by atoms with Crippen LogP contribution in [0.3, 0.4) is 0 Å². The van der Waals surface area contributed by atoms with E-state index in [4.69, 9.17) is 5.84 Å². The molecule has 0 amide bonds. The lowest BCUT2D eigenvalue weighted by Gasteiger charge is -2.30. The molecule has 0 spiro atoms. The Bertz CT molecular complexity index is 573. The summed E-state index contributed by atoms with van der Waals surface area (Å²) in [5.41, 5.74) is 7.81. The number of aromatic nitrogens is 1. The molecule has 1 unspecified atom stereocenters. The van der Waals surface area contributed by atoms with Gasteiger partial charge in [0.05, 0.1) is 6.04 Å². The van der Waals surface area contributed by atoms with Crippen LogP contribution < -0.4 is 11.3 Å². The Kier molecular flexibility index (Phi) is 3.81. The summed E-state index contributed by atoms with van der Waals surface area (Å²) < 4.78 is 0. The smallest absolute Gasteiger partial charge is 0.0727 e. The third-order valence-corrected chi connectivity index (χ3v) is 4.29. The minimum absolute atomic E-state index is 0.0138. The van der Waals surface area contributed by atoms with Gasteiger partial charge in [-0.05, 0) is 48.4 Å². The molecular formula is C17H21N3. The lowest BCUT2D eigenvalue weighted by Crippen LogP contribution is -2.30. The Labute approximate surface area is 120 Å². The molecule has 104 valence electrons. The number of hydrogen-bond acceptors (Lipinski definition) is 3. The Balaban J connectivity index is 1.98. The van der Waals surface area contributed by atoms with E-state index in [-0.39, 0.29) is 6.04 Å². The summed E-state index contributed by atoms with van der Waals surface area (Å²) in [4.78, 5) is 4.39. The van der Waals surface area contributed by atoms with Crippen molar-refractivity contribution in [3.8, 4) is 0 Å². The van der Waals surface area contributed by atoms with Crippen molar-refractivity contribution in [2.24, 2.45) is 5.84 Å². The van der Waals surface area contributed by atoms with Crippen molar-refractivity contribution < 1.29 is 0 Å². The topological polar surface area (TPSA) is 50.9 Å². The number of pyridine rings is 1. The van der Waals surface area contributed by atoms with Crippen LogP contribution in [0.2, 0.25) is 0 Å². The summed E-state index contributed by atoms with van der Waals surface area (Å²) >= 11 is 0. The highest BCUT2D eigenvalue weighted by molar-refractivity contribution is 5.39. The molecule has 0 bridgehead atoms. The molecule has 2 aromatic rings. The molecule has 3 rings (SSSR count). The van der Waals surface area contributed by atoms with E-state index in [0.717, 1.165) is 11.3 Å². The molecule has 1 heterocycles. The van der Waals surface area contributed by atoms with Crippen LogP contribution in [0.15, 0.2) is 42.6 Å². The summed E-state index contributed by atoms with van der Waals surface area (Å²) in [6, 6.07) is 12.8. The number of aryl methyl sites for hydroxylation is 1. The first-order valence-corrected chi connectivity index (χ1v) is 7.27. The van der Waals surface area contributed by atoms with Crippen molar-refractivity contribution in [2.45, 2.75) is 38.1 Å². The van der Waals surface area contributed by atoms with Crippen LogP contribution in [-0.2, 0) is 0 Å². The predicted molar refractivity (Wildman–Crippen MR) is 81.2 cm³/mol. The van der Waals surface area contributed by atoms with Gasteiger partial charge in [-0.15, -0.1) is 0 Å². The Morgan fingerprint density at radius 1 is 1.20 bits per heavy atom. The number of hydrogen-bond donors (Lipinski definition) is 2. The van der Waals surface area contributed by atoms with Crippen LogP contribution in [0.4, 0.5) is 0 Å². The zero-order valence-corrected chi connectivity index (χ0v) is 11.8. The predicted octanol–water partition coefficient (Wildman–Crippen LogP) is 3.21. The van der Waals surface area contributed by atoms with Gasteiger partial charge < -0.3 is 0 Å². The van der Waals surface area contributed by atoms with Crippen molar-refractivity contribution in [3.05, 3.63) is 65.0 Å². The summed E-state index contributed by atoms with van der Waals surface area (Å²) in [6.07, 6.45) is 5.84. The monoisotopic (exact) mass is 267 g/mol. The third-order valence-electron chi connectivity index (χ3n) is 4.29. The second-order valence-electron chi connectivity index (χ2n) is 5.59. The summed E-state index contributed by atoms with van der Waals surface area (Å²) in [5, 5.41) is 0. The van der Waals surface area contributed by atoms with E-state index in [1.165, 1.54) is 30.4 Å². The van der Waals surface area contributed by atoms with Crippen molar-refractivity contribution in [3.63, 3.8) is 0 Å². The third kappa shape index (κ3) is 2.47. The summed E-state index contributed by atoms with van der Waals surface area (Å²) in [6.45, 7) is 2.00.